The molecule has 12 nitrogen and oxygen atoms in total. The smallest absolute Gasteiger partial charge is 0.306 e. The van der Waals surface area contributed by atoms with Crippen LogP contribution in [0.15, 0.2) is 66.7 Å². The number of phenolic OH excluding ortho intramolecular Hbond substituents is 4. The van der Waals surface area contributed by atoms with Crippen LogP contribution in [0, 0.1) is 10.1 Å². The largest absolute Gasteiger partial charge is 0.504 e. The molecule has 4 aromatic carbocycles. The molecule has 4 N–H and O–H groups in total. The van der Waals surface area contributed by atoms with Crippen molar-refractivity contribution < 1.29 is 49.1 Å². The molecule has 7 rings (SSSR count). The maximum absolute atomic E-state index is 13.3. The Kier molecular flexibility index (Phi) is 6.22. The molecule has 3 atom stereocenters. The number of nitrogens with zero attached hydrogens (tertiary/aromatic N) is 1. The van der Waals surface area contributed by atoms with Crippen LogP contribution in [0.2, 0.25) is 0 Å². The normalized spacial score (nSPS) is 22.4. The summed E-state index contributed by atoms with van der Waals surface area (Å²) in [5.41, 5.74) is 1.02. The van der Waals surface area contributed by atoms with E-state index in [4.69, 9.17) is 18.9 Å². The van der Waals surface area contributed by atoms with Gasteiger partial charge in [-0.05, 0) is 66.4 Å². The Balaban J connectivity index is 1.50. The van der Waals surface area contributed by atoms with E-state index in [1.807, 2.05) is 6.07 Å². The molecule has 230 valence electrons. The number of methoxy groups -OCH3 is 1. The van der Waals surface area contributed by atoms with Gasteiger partial charge in [0.05, 0.1) is 18.5 Å². The number of nitro benzene ring substituents is 1. The molecule has 0 spiro atoms. The minimum Gasteiger partial charge on any atom is -0.504 e. The minimum atomic E-state index is -1.64. The fraction of sp³-hybridized carbons (Fsp3) is 0.242. The highest BCUT2D eigenvalue weighted by Crippen LogP contribution is 2.63. The zero-order valence-electron chi connectivity index (χ0n) is 23.9. The van der Waals surface area contributed by atoms with E-state index in [1.165, 1.54) is 55.6 Å². The molecule has 45 heavy (non-hydrogen) atoms. The second-order valence-electron chi connectivity index (χ2n) is 11.4. The maximum atomic E-state index is 13.3. The number of fused-ring (bicyclic) bond motifs is 8. The van der Waals surface area contributed by atoms with Gasteiger partial charge in [0.15, 0.2) is 23.0 Å². The van der Waals surface area contributed by atoms with Crippen molar-refractivity contribution in [2.45, 2.75) is 43.0 Å². The summed E-state index contributed by atoms with van der Waals surface area (Å²) in [6, 6.07) is 16.3. The summed E-state index contributed by atoms with van der Waals surface area (Å²) >= 11 is 0. The molecule has 0 aromatic heterocycles. The van der Waals surface area contributed by atoms with Gasteiger partial charge in [-0.15, -0.1) is 0 Å². The number of hydrogen-bond acceptors (Lipinski definition) is 11. The third kappa shape index (κ3) is 4.32. The summed E-state index contributed by atoms with van der Waals surface area (Å²) < 4.78 is 24.9. The third-order valence-corrected chi connectivity index (χ3v) is 8.85. The Bertz CT molecular complexity index is 1910. The fourth-order valence-corrected chi connectivity index (χ4v) is 6.74. The van der Waals surface area contributed by atoms with Crippen LogP contribution in [0.4, 0.5) is 5.69 Å². The van der Waals surface area contributed by atoms with Crippen molar-refractivity contribution in [3.63, 3.8) is 0 Å². The highest BCUT2D eigenvalue weighted by molar-refractivity contribution is 5.77. The molecule has 3 heterocycles. The van der Waals surface area contributed by atoms with E-state index >= 15 is 0 Å². The number of carbonyl (C=O) groups is 1. The van der Waals surface area contributed by atoms with E-state index in [2.05, 4.69) is 0 Å². The van der Waals surface area contributed by atoms with Gasteiger partial charge in [0.25, 0.3) is 11.5 Å². The van der Waals surface area contributed by atoms with Gasteiger partial charge < -0.3 is 39.4 Å². The summed E-state index contributed by atoms with van der Waals surface area (Å²) in [4.78, 5) is 24.7. The predicted molar refractivity (Wildman–Crippen MR) is 156 cm³/mol. The number of ether oxygens (including phenoxy) is 4. The second-order valence-corrected chi connectivity index (χ2v) is 11.4. The molecule has 4 aromatic rings. The van der Waals surface area contributed by atoms with Crippen LogP contribution in [0.5, 0.6) is 40.2 Å². The molecule has 0 fully saturated rings. The summed E-state index contributed by atoms with van der Waals surface area (Å²) in [5.74, 6) is -2.66. The molecular weight excluding hydrogens is 586 g/mol. The predicted octanol–water partition coefficient (Wildman–Crippen LogP) is 5.36. The fourth-order valence-electron chi connectivity index (χ4n) is 6.74. The molecule has 0 unspecified atom stereocenters. The topological polar surface area (TPSA) is 178 Å². The second kappa shape index (κ2) is 9.94. The van der Waals surface area contributed by atoms with Gasteiger partial charge in [-0.2, -0.15) is 0 Å². The van der Waals surface area contributed by atoms with Crippen molar-refractivity contribution in [2.75, 3.05) is 7.11 Å². The van der Waals surface area contributed by atoms with Crippen molar-refractivity contribution in [1.82, 2.24) is 0 Å². The summed E-state index contributed by atoms with van der Waals surface area (Å²) in [5, 5.41) is 52.5. The molecule has 2 bridgehead atoms. The summed E-state index contributed by atoms with van der Waals surface area (Å²) in [6.45, 7) is 0. The first-order valence-electron chi connectivity index (χ1n) is 14.1. The summed E-state index contributed by atoms with van der Waals surface area (Å²) in [7, 11) is 1.25. The van der Waals surface area contributed by atoms with E-state index in [9.17, 15) is 35.3 Å². The van der Waals surface area contributed by atoms with Crippen LogP contribution >= 0.6 is 0 Å². The maximum Gasteiger partial charge on any atom is 0.306 e. The van der Waals surface area contributed by atoms with Crippen molar-refractivity contribution >= 4 is 11.7 Å². The molecular formula is C33H27NO11. The standard InChI is InChI=1S/C33H27NO11/c1-42-29(39)15-32-16-33(19-5-8-23(36)25(38)13-19,44-27-11-6-20(34(40)41)14-21(27)32)45-28-10-4-17-3-9-26(43-31(17)30(28)32)18-2-7-22(35)24(37)12-18/h2,4-8,10-14,26,35-38H,3,9,15-16H2,1H3/t26-,32+,33-/m1/s1. The van der Waals surface area contributed by atoms with Crippen molar-refractivity contribution in [1.29, 1.82) is 0 Å². The minimum absolute atomic E-state index is 0.0784. The third-order valence-electron chi connectivity index (χ3n) is 8.85. The number of carbonyl (C=O) groups excluding carboxylic acids is 1. The first-order chi connectivity index (χ1) is 21.5. The highest BCUT2D eigenvalue weighted by Gasteiger charge is 2.60. The zero-order chi connectivity index (χ0) is 31.7. The Hall–Kier alpha value is -5.65. The van der Waals surface area contributed by atoms with Crippen LogP contribution in [0.3, 0.4) is 0 Å². The zero-order valence-corrected chi connectivity index (χ0v) is 23.9. The monoisotopic (exact) mass is 613 g/mol. The highest BCUT2D eigenvalue weighted by atomic mass is 16.7. The molecule has 0 aliphatic carbocycles. The molecule has 0 saturated heterocycles. The van der Waals surface area contributed by atoms with Gasteiger partial charge in [-0.25, -0.2) is 0 Å². The van der Waals surface area contributed by atoms with E-state index in [0.717, 1.165) is 5.56 Å². The quantitative estimate of drug-likeness (QED) is 0.0985. The first-order valence-corrected chi connectivity index (χ1v) is 14.1. The number of hydrogen-bond donors (Lipinski definition) is 4. The molecule has 0 saturated carbocycles. The molecule has 0 radical (unpaired) electrons. The van der Waals surface area contributed by atoms with Crippen LogP contribution in [-0.4, -0.2) is 38.4 Å². The van der Waals surface area contributed by atoms with Crippen LogP contribution in [0.1, 0.15) is 53.2 Å². The number of rotatable bonds is 5. The molecule has 3 aliphatic rings. The number of aromatic hydroxyl groups is 4. The van der Waals surface area contributed by atoms with Crippen molar-refractivity contribution in [3.8, 4) is 40.2 Å². The van der Waals surface area contributed by atoms with Crippen LogP contribution in [0.25, 0.3) is 0 Å². The van der Waals surface area contributed by atoms with E-state index in [1.54, 1.807) is 12.1 Å². The van der Waals surface area contributed by atoms with Crippen LogP contribution < -0.4 is 14.2 Å². The van der Waals surface area contributed by atoms with Gasteiger partial charge in [-0.1, -0.05) is 12.1 Å². The molecule has 3 aliphatic heterocycles. The van der Waals surface area contributed by atoms with Gasteiger partial charge >= 0.3 is 5.97 Å². The van der Waals surface area contributed by atoms with E-state index < -0.39 is 33.9 Å². The Morgan fingerprint density at radius 3 is 2.36 bits per heavy atom. The lowest BCUT2D eigenvalue weighted by atomic mass is 9.63. The average Bonchev–Trinajstić information content (AvgIpc) is 3.02. The Labute approximate surface area is 255 Å². The number of esters is 1. The van der Waals surface area contributed by atoms with Crippen molar-refractivity contribution in [2.24, 2.45) is 0 Å². The lowest BCUT2D eigenvalue weighted by molar-refractivity contribution is -0.385. The number of aryl methyl sites for hydroxylation is 1. The Morgan fingerprint density at radius 2 is 1.64 bits per heavy atom. The van der Waals surface area contributed by atoms with Gasteiger partial charge in [-0.3, -0.25) is 14.9 Å². The number of non-ortho nitro benzene ring substituents is 1. The average molecular weight is 614 g/mol. The van der Waals surface area contributed by atoms with Gasteiger partial charge in [0, 0.05) is 40.7 Å². The van der Waals surface area contributed by atoms with E-state index in [-0.39, 0.29) is 47.3 Å². The van der Waals surface area contributed by atoms with Gasteiger partial charge in [0.1, 0.15) is 23.4 Å². The number of nitro groups is 1. The van der Waals surface area contributed by atoms with Crippen molar-refractivity contribution in [3.05, 3.63) is 105 Å². The summed E-state index contributed by atoms with van der Waals surface area (Å²) in [6.07, 6.45) is 0.204. The van der Waals surface area contributed by atoms with Gasteiger partial charge in [0.2, 0.25) is 0 Å². The van der Waals surface area contributed by atoms with Crippen LogP contribution in [-0.2, 0) is 27.2 Å². The first kappa shape index (κ1) is 28.1. The SMILES string of the molecule is COC(=O)C[C@]12C[C@@](c3ccc(O)c(O)c3)(Oc3ccc([N+](=O)[O-])cc31)Oc1ccc3c(c12)O[C@@H](c1ccc(O)c(O)c1)CC3. The van der Waals surface area contributed by atoms with E-state index in [0.29, 0.717) is 40.8 Å². The number of benzene rings is 4. The number of phenols is 4. The lowest BCUT2D eigenvalue weighted by Gasteiger charge is -2.53. The Morgan fingerprint density at radius 1 is 0.933 bits per heavy atom. The molecule has 12 heteroatoms. The molecule has 0 amide bonds. The lowest BCUT2D eigenvalue weighted by Crippen LogP contribution is -2.54.